The van der Waals surface area contributed by atoms with Crippen molar-refractivity contribution < 1.29 is 14.5 Å². The van der Waals surface area contributed by atoms with Crippen LogP contribution < -0.4 is 5.46 Å². The van der Waals surface area contributed by atoms with E-state index in [4.69, 9.17) is 0 Å². The van der Waals surface area contributed by atoms with E-state index in [0.29, 0.717) is 5.46 Å². The van der Waals surface area contributed by atoms with Gasteiger partial charge in [0.05, 0.1) is 17.6 Å². The lowest BCUT2D eigenvalue weighted by atomic mass is 9.93. The minimum absolute atomic E-state index is 0.106. The van der Waals surface area contributed by atoms with Gasteiger partial charge in [0.15, 0.2) is 0 Å². The largest absolute Gasteiger partial charge is 0.465 e. The molecule has 0 bridgehead atoms. The van der Waals surface area contributed by atoms with Gasteiger partial charge in [-0.2, -0.15) is 0 Å². The van der Waals surface area contributed by atoms with Crippen molar-refractivity contribution >= 4 is 25.0 Å². The molecule has 0 aromatic heterocycles. The summed E-state index contributed by atoms with van der Waals surface area (Å²) in [4.78, 5) is 21.0. The molecule has 1 rings (SSSR count). The Morgan fingerprint density at radius 1 is 1.50 bits per heavy atom. The van der Waals surface area contributed by atoms with Crippen molar-refractivity contribution in [2.24, 2.45) is 0 Å². The summed E-state index contributed by atoms with van der Waals surface area (Å²) in [6.07, 6.45) is 0. The summed E-state index contributed by atoms with van der Waals surface area (Å²) in [5.41, 5.74) is 0.740. The Kier molecular flexibility index (Phi) is 2.86. The number of benzene rings is 1. The predicted octanol–water partition coefficient (Wildman–Crippen LogP) is -0.360. The van der Waals surface area contributed by atoms with Crippen molar-refractivity contribution in [2.75, 3.05) is 7.11 Å². The van der Waals surface area contributed by atoms with Crippen molar-refractivity contribution in [2.45, 2.75) is 0 Å². The minimum Gasteiger partial charge on any atom is -0.465 e. The van der Waals surface area contributed by atoms with Gasteiger partial charge in [-0.1, -0.05) is 11.5 Å². The molecule has 0 saturated heterocycles. The van der Waals surface area contributed by atoms with Crippen molar-refractivity contribution in [1.82, 2.24) is 0 Å². The molecule has 0 saturated carbocycles. The number of non-ortho nitro benzene ring substituents is 1. The Balaban J connectivity index is 3.20. The van der Waals surface area contributed by atoms with Crippen LogP contribution in [-0.4, -0.2) is 25.8 Å². The van der Waals surface area contributed by atoms with Gasteiger partial charge in [-0.15, -0.1) is 0 Å². The van der Waals surface area contributed by atoms with E-state index in [9.17, 15) is 14.9 Å². The second kappa shape index (κ2) is 3.91. The predicted molar refractivity (Wildman–Crippen MR) is 52.6 cm³/mol. The van der Waals surface area contributed by atoms with E-state index in [-0.39, 0.29) is 11.3 Å². The Hall–Kier alpha value is -1.85. The number of esters is 1. The zero-order chi connectivity index (χ0) is 10.7. The van der Waals surface area contributed by atoms with Crippen molar-refractivity contribution in [3.63, 3.8) is 0 Å². The fourth-order valence-electron chi connectivity index (χ4n) is 1.10. The van der Waals surface area contributed by atoms with Crippen LogP contribution >= 0.6 is 0 Å². The van der Waals surface area contributed by atoms with E-state index >= 15 is 0 Å². The molecule has 0 aliphatic heterocycles. The molecule has 0 radical (unpaired) electrons. The van der Waals surface area contributed by atoms with Crippen LogP contribution in [0, 0.1) is 10.1 Å². The number of nitro groups is 1. The average Bonchev–Trinajstić information content (AvgIpc) is 2.15. The third kappa shape index (κ3) is 2.10. The SMILES string of the molecule is Bc1cc(C(=O)OC)cc([N+](=O)[O-])c1. The third-order valence-corrected chi connectivity index (χ3v) is 1.69. The van der Waals surface area contributed by atoms with Gasteiger partial charge < -0.3 is 4.74 Å². The Bertz CT molecular complexity index is 391. The summed E-state index contributed by atoms with van der Waals surface area (Å²) in [6, 6.07) is 4.13. The van der Waals surface area contributed by atoms with Crippen LogP contribution in [0.2, 0.25) is 0 Å². The van der Waals surface area contributed by atoms with Gasteiger partial charge in [-0.05, 0) is 0 Å². The molecule has 0 aliphatic rings. The van der Waals surface area contributed by atoms with E-state index in [1.165, 1.54) is 19.2 Å². The van der Waals surface area contributed by atoms with E-state index in [1.807, 2.05) is 0 Å². The number of ether oxygens (including phenoxy) is 1. The molecule has 1 aromatic rings. The summed E-state index contributed by atoms with van der Waals surface area (Å²) >= 11 is 0. The molecule has 0 N–H and O–H groups in total. The normalized spacial score (nSPS) is 9.50. The van der Waals surface area contributed by atoms with Gasteiger partial charge >= 0.3 is 5.97 Å². The third-order valence-electron chi connectivity index (χ3n) is 1.69. The summed E-state index contributed by atoms with van der Waals surface area (Å²) in [6.45, 7) is 0. The first-order chi connectivity index (χ1) is 6.54. The molecule has 0 spiro atoms. The summed E-state index contributed by atoms with van der Waals surface area (Å²) < 4.78 is 4.46. The van der Waals surface area contributed by atoms with Crippen LogP contribution in [0.1, 0.15) is 10.4 Å². The highest BCUT2D eigenvalue weighted by Gasteiger charge is 2.12. The Morgan fingerprint density at radius 2 is 2.14 bits per heavy atom. The van der Waals surface area contributed by atoms with Gasteiger partial charge in [-0.25, -0.2) is 4.79 Å². The average molecular weight is 193 g/mol. The topological polar surface area (TPSA) is 69.4 Å². The van der Waals surface area contributed by atoms with Crippen LogP contribution in [0.5, 0.6) is 0 Å². The van der Waals surface area contributed by atoms with E-state index in [2.05, 4.69) is 4.74 Å². The number of rotatable bonds is 2. The van der Waals surface area contributed by atoms with Crippen molar-refractivity contribution in [1.29, 1.82) is 0 Å². The lowest BCUT2D eigenvalue weighted by molar-refractivity contribution is -0.384. The highest BCUT2D eigenvalue weighted by atomic mass is 16.6. The van der Waals surface area contributed by atoms with E-state index in [1.54, 1.807) is 13.9 Å². The molecule has 72 valence electrons. The maximum atomic E-state index is 11.1. The summed E-state index contributed by atoms with van der Waals surface area (Å²) in [7, 11) is 2.91. The highest BCUT2D eigenvalue weighted by molar-refractivity contribution is 6.33. The molecular formula is C8H8BNO4. The molecule has 0 aliphatic carbocycles. The van der Waals surface area contributed by atoms with Crippen LogP contribution in [0.15, 0.2) is 18.2 Å². The molecular weight excluding hydrogens is 185 g/mol. The van der Waals surface area contributed by atoms with Crippen LogP contribution in [0.25, 0.3) is 0 Å². The quantitative estimate of drug-likeness (QED) is 0.278. The number of hydrogen-bond acceptors (Lipinski definition) is 4. The molecule has 1 aromatic carbocycles. The Morgan fingerprint density at radius 3 is 2.64 bits per heavy atom. The lowest BCUT2D eigenvalue weighted by Gasteiger charge is -2.00. The van der Waals surface area contributed by atoms with Crippen LogP contribution in [0.3, 0.4) is 0 Å². The standard InChI is InChI=1S/C8H8BNO4/c1-14-8(11)5-2-6(9)4-7(3-5)10(12)13/h2-4H,9H2,1H3. The number of nitro benzene ring substituents is 1. The van der Waals surface area contributed by atoms with Gasteiger partial charge in [0.1, 0.15) is 7.85 Å². The molecule has 0 fully saturated rings. The van der Waals surface area contributed by atoms with E-state index in [0.717, 1.165) is 0 Å². The highest BCUT2D eigenvalue weighted by Crippen LogP contribution is 2.11. The smallest absolute Gasteiger partial charge is 0.338 e. The monoisotopic (exact) mass is 193 g/mol. The Labute approximate surface area is 81.2 Å². The number of nitrogens with zero attached hydrogens (tertiary/aromatic N) is 1. The first-order valence-electron chi connectivity index (χ1n) is 3.89. The minimum atomic E-state index is -0.572. The number of methoxy groups -OCH3 is 1. The molecule has 0 amide bonds. The van der Waals surface area contributed by atoms with E-state index < -0.39 is 10.9 Å². The first kappa shape index (κ1) is 10.2. The first-order valence-corrected chi connectivity index (χ1v) is 3.89. The summed E-state index contributed by atoms with van der Waals surface area (Å²) in [5, 5.41) is 10.5. The second-order valence-corrected chi connectivity index (χ2v) is 2.81. The van der Waals surface area contributed by atoms with Gasteiger partial charge in [0, 0.05) is 12.1 Å². The maximum absolute atomic E-state index is 11.1. The number of carbonyl (C=O) groups excluding carboxylic acids is 1. The zero-order valence-corrected chi connectivity index (χ0v) is 7.81. The van der Waals surface area contributed by atoms with Gasteiger partial charge in [-0.3, -0.25) is 10.1 Å². The second-order valence-electron chi connectivity index (χ2n) is 2.81. The van der Waals surface area contributed by atoms with Crippen molar-refractivity contribution in [3.8, 4) is 0 Å². The fourth-order valence-corrected chi connectivity index (χ4v) is 1.10. The lowest BCUT2D eigenvalue weighted by Crippen LogP contribution is -2.10. The molecule has 14 heavy (non-hydrogen) atoms. The zero-order valence-electron chi connectivity index (χ0n) is 7.81. The number of carbonyl (C=O) groups is 1. The number of hydrogen-bond donors (Lipinski definition) is 0. The molecule has 6 heteroatoms. The fraction of sp³-hybridized carbons (Fsp3) is 0.125. The molecule has 0 atom stereocenters. The van der Waals surface area contributed by atoms with Crippen LogP contribution in [-0.2, 0) is 4.74 Å². The van der Waals surface area contributed by atoms with Gasteiger partial charge in [0.25, 0.3) is 5.69 Å². The molecule has 0 heterocycles. The maximum Gasteiger partial charge on any atom is 0.338 e. The molecule has 0 unspecified atom stereocenters. The van der Waals surface area contributed by atoms with Crippen molar-refractivity contribution in [3.05, 3.63) is 33.9 Å². The van der Waals surface area contributed by atoms with Gasteiger partial charge in [0.2, 0.25) is 0 Å². The molecule has 5 nitrogen and oxygen atoms in total. The van der Waals surface area contributed by atoms with Crippen LogP contribution in [0.4, 0.5) is 5.69 Å². The summed E-state index contributed by atoms with van der Waals surface area (Å²) in [5.74, 6) is -0.572.